The highest BCUT2D eigenvalue weighted by Crippen LogP contribution is 2.25. The van der Waals surface area contributed by atoms with Gasteiger partial charge in [0.15, 0.2) is 0 Å². The zero-order valence-electron chi connectivity index (χ0n) is 19.0. The number of benzene rings is 2. The van der Waals surface area contributed by atoms with E-state index in [4.69, 9.17) is 0 Å². The zero-order chi connectivity index (χ0) is 23.3. The van der Waals surface area contributed by atoms with Gasteiger partial charge in [0.1, 0.15) is 0 Å². The summed E-state index contributed by atoms with van der Waals surface area (Å²) in [6.45, 7) is 2.24. The average molecular weight is 486 g/mol. The summed E-state index contributed by atoms with van der Waals surface area (Å²) in [5.41, 5.74) is 2.01. The summed E-state index contributed by atoms with van der Waals surface area (Å²) in [4.78, 5) is 13.9. The van der Waals surface area contributed by atoms with Crippen molar-refractivity contribution in [3.8, 4) is 0 Å². The lowest BCUT2D eigenvalue weighted by Crippen LogP contribution is -2.31. The maximum Gasteiger partial charge on any atom is 0.243 e. The lowest BCUT2D eigenvalue weighted by Gasteiger charge is -2.20. The number of nitrogens with one attached hydrogen (secondary N) is 1. The number of hydrogen-bond acceptors (Lipinski definition) is 4. The van der Waals surface area contributed by atoms with Gasteiger partial charge in [-0.3, -0.25) is 4.79 Å². The summed E-state index contributed by atoms with van der Waals surface area (Å²) in [6.07, 6.45) is 8.34. The molecule has 0 spiro atoms. The minimum atomic E-state index is -3.47. The van der Waals surface area contributed by atoms with Crippen LogP contribution >= 0.6 is 11.8 Å². The Bertz CT molecular complexity index is 1200. The number of aryl methyl sites for hydroxylation is 1. The number of rotatable bonds is 8. The molecule has 1 aliphatic heterocycles. The molecule has 2 heterocycles. The van der Waals surface area contributed by atoms with E-state index in [1.165, 1.54) is 4.90 Å². The van der Waals surface area contributed by atoms with Gasteiger partial charge in [0.05, 0.1) is 4.90 Å². The Hall–Kier alpha value is -2.29. The number of fused-ring (bicyclic) bond motifs is 1. The van der Waals surface area contributed by atoms with E-state index < -0.39 is 10.0 Å². The number of carbonyl (C=O) groups excluding carboxylic acids is 1. The topological polar surface area (TPSA) is 71.4 Å². The van der Waals surface area contributed by atoms with Gasteiger partial charge in [-0.05, 0) is 61.1 Å². The maximum absolute atomic E-state index is 13.1. The molecule has 0 bridgehead atoms. The fourth-order valence-electron chi connectivity index (χ4n) is 4.22. The molecule has 0 saturated carbocycles. The molecule has 1 fully saturated rings. The third-order valence-electron chi connectivity index (χ3n) is 6.17. The maximum atomic E-state index is 13.1. The summed E-state index contributed by atoms with van der Waals surface area (Å²) < 4.78 is 29.8. The second kappa shape index (κ2) is 10.8. The Balaban J connectivity index is 1.37. The van der Waals surface area contributed by atoms with Crippen LogP contribution in [0.15, 0.2) is 64.5 Å². The van der Waals surface area contributed by atoms with Crippen LogP contribution in [0.4, 0.5) is 0 Å². The minimum absolute atomic E-state index is 0.00819. The molecule has 0 unspecified atom stereocenters. The van der Waals surface area contributed by atoms with Crippen LogP contribution in [-0.4, -0.2) is 42.5 Å². The smallest absolute Gasteiger partial charge is 0.243 e. The summed E-state index contributed by atoms with van der Waals surface area (Å²) >= 11 is 1.69. The number of nitrogens with zero attached hydrogens (tertiary/aromatic N) is 2. The first kappa shape index (κ1) is 23.9. The molecule has 3 aromatic rings. The molecule has 4 rings (SSSR count). The molecular weight excluding hydrogens is 454 g/mol. The lowest BCUT2D eigenvalue weighted by molar-refractivity contribution is -0.121. The standard InChI is InChI=1S/C25H31N3O3S2/c1-32-22-8-6-20(7-9-22)19-26-25(29)13-17-27-16-12-21-18-23(10-11-24(21)27)33(30,31)28-14-4-2-3-5-15-28/h6-12,16,18H,2-5,13-15,17,19H2,1H3,(H,26,29). The number of amides is 1. The van der Waals surface area contributed by atoms with Gasteiger partial charge in [0.25, 0.3) is 0 Å². The molecule has 1 aliphatic rings. The molecule has 1 aromatic heterocycles. The van der Waals surface area contributed by atoms with E-state index in [1.54, 1.807) is 28.2 Å². The fourth-order valence-corrected chi connectivity index (χ4v) is 6.18. The third-order valence-corrected chi connectivity index (χ3v) is 8.81. The Morgan fingerprint density at radius 1 is 1.00 bits per heavy atom. The van der Waals surface area contributed by atoms with Crippen LogP contribution in [0, 0.1) is 0 Å². The Morgan fingerprint density at radius 3 is 2.42 bits per heavy atom. The fraction of sp³-hybridized carbons (Fsp3) is 0.400. The van der Waals surface area contributed by atoms with E-state index in [-0.39, 0.29) is 5.91 Å². The molecular formula is C25H31N3O3S2. The monoisotopic (exact) mass is 485 g/mol. The molecule has 8 heteroatoms. The molecule has 1 amide bonds. The van der Waals surface area contributed by atoms with Crippen molar-refractivity contribution < 1.29 is 13.2 Å². The summed E-state index contributed by atoms with van der Waals surface area (Å²) in [5.74, 6) is -0.00819. The number of aromatic nitrogens is 1. The van der Waals surface area contributed by atoms with Crippen molar-refractivity contribution in [2.45, 2.75) is 55.0 Å². The normalized spacial score (nSPS) is 15.4. The minimum Gasteiger partial charge on any atom is -0.352 e. The first-order chi connectivity index (χ1) is 16.0. The molecule has 2 aromatic carbocycles. The Labute approximate surface area is 200 Å². The molecule has 1 saturated heterocycles. The van der Waals surface area contributed by atoms with Crippen molar-refractivity contribution in [1.29, 1.82) is 0 Å². The summed E-state index contributed by atoms with van der Waals surface area (Å²) in [6, 6.07) is 15.4. The van der Waals surface area contributed by atoms with Crippen molar-refractivity contribution in [3.05, 3.63) is 60.3 Å². The first-order valence-corrected chi connectivity index (χ1v) is 14.1. The molecule has 1 N–H and O–H groups in total. The molecule has 0 radical (unpaired) electrons. The molecule has 6 nitrogen and oxygen atoms in total. The van der Waals surface area contributed by atoms with Crippen molar-refractivity contribution in [1.82, 2.24) is 14.2 Å². The number of thioether (sulfide) groups is 1. The van der Waals surface area contributed by atoms with E-state index in [0.29, 0.717) is 37.5 Å². The van der Waals surface area contributed by atoms with E-state index in [9.17, 15) is 13.2 Å². The van der Waals surface area contributed by atoms with Crippen LogP contribution in [-0.2, 0) is 27.9 Å². The highest BCUT2D eigenvalue weighted by Gasteiger charge is 2.25. The van der Waals surface area contributed by atoms with Crippen LogP contribution in [0.25, 0.3) is 10.9 Å². The van der Waals surface area contributed by atoms with Crippen LogP contribution in [0.2, 0.25) is 0 Å². The van der Waals surface area contributed by atoms with Crippen molar-refractivity contribution in [3.63, 3.8) is 0 Å². The number of sulfonamides is 1. The van der Waals surface area contributed by atoms with Crippen LogP contribution in [0.1, 0.15) is 37.7 Å². The highest BCUT2D eigenvalue weighted by atomic mass is 32.2. The lowest BCUT2D eigenvalue weighted by atomic mass is 10.2. The van der Waals surface area contributed by atoms with E-state index in [2.05, 4.69) is 17.4 Å². The van der Waals surface area contributed by atoms with Crippen LogP contribution in [0.5, 0.6) is 0 Å². The van der Waals surface area contributed by atoms with Gasteiger partial charge in [-0.15, -0.1) is 11.8 Å². The summed E-state index contributed by atoms with van der Waals surface area (Å²) in [5, 5.41) is 3.85. The quantitative estimate of drug-likeness (QED) is 0.472. The van der Waals surface area contributed by atoms with E-state index in [1.807, 2.05) is 41.3 Å². The largest absolute Gasteiger partial charge is 0.352 e. The predicted octanol–water partition coefficient (Wildman–Crippen LogP) is 4.63. The number of hydrogen-bond donors (Lipinski definition) is 1. The van der Waals surface area contributed by atoms with Gasteiger partial charge in [-0.2, -0.15) is 4.31 Å². The second-order valence-electron chi connectivity index (χ2n) is 8.42. The van der Waals surface area contributed by atoms with Gasteiger partial charge in [-0.25, -0.2) is 8.42 Å². The van der Waals surface area contributed by atoms with Gasteiger partial charge in [-0.1, -0.05) is 25.0 Å². The molecule has 176 valence electrons. The molecule has 0 aliphatic carbocycles. The third kappa shape index (κ3) is 5.80. The molecule has 0 atom stereocenters. The highest BCUT2D eigenvalue weighted by molar-refractivity contribution is 7.98. The Morgan fingerprint density at radius 2 is 1.73 bits per heavy atom. The van der Waals surface area contributed by atoms with Crippen molar-refractivity contribution >= 4 is 38.6 Å². The first-order valence-electron chi connectivity index (χ1n) is 11.5. The van der Waals surface area contributed by atoms with E-state index >= 15 is 0 Å². The zero-order valence-corrected chi connectivity index (χ0v) is 20.6. The van der Waals surface area contributed by atoms with Crippen LogP contribution < -0.4 is 5.32 Å². The van der Waals surface area contributed by atoms with Gasteiger partial charge < -0.3 is 9.88 Å². The van der Waals surface area contributed by atoms with E-state index in [0.717, 1.165) is 42.1 Å². The average Bonchev–Trinajstić information content (AvgIpc) is 3.03. The Kier molecular flexibility index (Phi) is 7.78. The SMILES string of the molecule is CSc1ccc(CNC(=O)CCn2ccc3cc(S(=O)(=O)N4CCCCCC4)ccc32)cc1. The molecule has 33 heavy (non-hydrogen) atoms. The van der Waals surface area contributed by atoms with Gasteiger partial charge >= 0.3 is 0 Å². The number of carbonyl (C=O) groups is 1. The van der Waals surface area contributed by atoms with Crippen molar-refractivity contribution in [2.75, 3.05) is 19.3 Å². The van der Waals surface area contributed by atoms with Gasteiger partial charge in [0.2, 0.25) is 15.9 Å². The second-order valence-corrected chi connectivity index (χ2v) is 11.2. The predicted molar refractivity (Wildman–Crippen MR) is 134 cm³/mol. The van der Waals surface area contributed by atoms with Crippen LogP contribution in [0.3, 0.4) is 0 Å². The summed E-state index contributed by atoms with van der Waals surface area (Å²) in [7, 11) is -3.47. The van der Waals surface area contributed by atoms with Crippen molar-refractivity contribution in [2.24, 2.45) is 0 Å². The van der Waals surface area contributed by atoms with Gasteiger partial charge in [0, 0.05) is 54.6 Å².